The molecule has 1 aromatic carbocycles. The van der Waals surface area contributed by atoms with E-state index >= 15 is 0 Å². The van der Waals surface area contributed by atoms with Crippen LogP contribution in [0.5, 0.6) is 0 Å². The molecule has 0 saturated heterocycles. The van der Waals surface area contributed by atoms with Gasteiger partial charge in [0.25, 0.3) is 0 Å². The molecule has 0 spiro atoms. The van der Waals surface area contributed by atoms with Gasteiger partial charge in [-0.15, -0.1) is 0 Å². The van der Waals surface area contributed by atoms with Crippen molar-refractivity contribution >= 4 is 15.9 Å². The Morgan fingerprint density at radius 1 is 1.07 bits per heavy atom. The molecule has 1 aromatic heterocycles. The van der Waals surface area contributed by atoms with Gasteiger partial charge in [0, 0.05) is 22.2 Å². The second-order valence-electron chi connectivity index (χ2n) is 3.64. The van der Waals surface area contributed by atoms with E-state index < -0.39 is 0 Å². The van der Waals surface area contributed by atoms with Crippen molar-refractivity contribution in [1.29, 1.82) is 0 Å². The first-order valence-electron chi connectivity index (χ1n) is 4.95. The maximum atomic E-state index is 3.55. The van der Waals surface area contributed by atoms with E-state index in [4.69, 9.17) is 0 Å². The molecule has 0 saturated carbocycles. The van der Waals surface area contributed by atoms with Gasteiger partial charge in [-0.1, -0.05) is 34.1 Å². The third kappa shape index (κ3) is 2.66. The van der Waals surface area contributed by atoms with Crippen LogP contribution in [-0.2, 0) is 6.54 Å². The lowest BCUT2D eigenvalue weighted by molar-refractivity contribution is -0.688. The molecule has 15 heavy (non-hydrogen) atoms. The molecule has 0 bridgehead atoms. The molecule has 76 valence electrons. The zero-order chi connectivity index (χ0) is 10.7. The number of pyridine rings is 1. The van der Waals surface area contributed by atoms with E-state index in [9.17, 15) is 0 Å². The molecule has 0 aliphatic heterocycles. The average Bonchev–Trinajstić information content (AvgIpc) is 2.25. The van der Waals surface area contributed by atoms with Gasteiger partial charge in [-0.25, -0.2) is 4.57 Å². The highest BCUT2D eigenvalue weighted by atomic mass is 79.9. The number of aromatic nitrogens is 1. The summed E-state index contributed by atoms with van der Waals surface area (Å²) in [6.45, 7) is 3.00. The summed E-state index contributed by atoms with van der Waals surface area (Å²) in [5.74, 6) is 0. The number of nitrogens with zero attached hydrogens (tertiary/aromatic N) is 1. The highest BCUT2D eigenvalue weighted by Crippen LogP contribution is 2.15. The summed E-state index contributed by atoms with van der Waals surface area (Å²) in [5, 5.41) is 0. The van der Waals surface area contributed by atoms with Gasteiger partial charge in [-0.3, -0.25) is 0 Å². The van der Waals surface area contributed by atoms with Crippen molar-refractivity contribution in [3.05, 3.63) is 64.4 Å². The highest BCUT2D eigenvalue weighted by molar-refractivity contribution is 9.10. The van der Waals surface area contributed by atoms with Crippen LogP contribution in [0.25, 0.3) is 0 Å². The molecule has 0 N–H and O–H groups in total. The maximum absolute atomic E-state index is 3.55. The molecule has 0 fully saturated rings. The molecule has 0 aliphatic carbocycles. The minimum Gasteiger partial charge on any atom is -0.201 e. The molecule has 2 heteroatoms. The second kappa shape index (κ2) is 4.58. The van der Waals surface area contributed by atoms with Crippen LogP contribution in [0.1, 0.15) is 11.1 Å². The van der Waals surface area contributed by atoms with Gasteiger partial charge in [0.05, 0.1) is 0 Å². The van der Waals surface area contributed by atoms with Crippen LogP contribution in [0.4, 0.5) is 0 Å². The molecule has 2 aromatic rings. The molecule has 1 nitrogen and oxygen atoms in total. The van der Waals surface area contributed by atoms with E-state index in [0.29, 0.717) is 0 Å². The minimum atomic E-state index is 0.904. The fourth-order valence-corrected chi connectivity index (χ4v) is 1.87. The third-order valence-electron chi connectivity index (χ3n) is 2.37. The van der Waals surface area contributed by atoms with Crippen LogP contribution in [0, 0.1) is 6.92 Å². The van der Waals surface area contributed by atoms with Crippen LogP contribution in [0.3, 0.4) is 0 Å². The zero-order valence-electron chi connectivity index (χ0n) is 8.65. The second-order valence-corrected chi connectivity index (χ2v) is 4.49. The Morgan fingerprint density at radius 2 is 1.73 bits per heavy atom. The number of hydrogen-bond acceptors (Lipinski definition) is 0. The smallest absolute Gasteiger partial charge is 0.174 e. The van der Waals surface area contributed by atoms with Crippen molar-refractivity contribution in [1.82, 2.24) is 0 Å². The number of halogens is 1. The minimum absolute atomic E-state index is 0.904. The van der Waals surface area contributed by atoms with Crippen molar-refractivity contribution < 1.29 is 4.57 Å². The van der Waals surface area contributed by atoms with Gasteiger partial charge in [-0.05, 0) is 18.6 Å². The Kier molecular flexibility index (Phi) is 3.17. The SMILES string of the molecule is Cc1cc[n+](Cc2ccccc2Br)cc1. The zero-order valence-corrected chi connectivity index (χ0v) is 10.2. The first-order valence-corrected chi connectivity index (χ1v) is 5.74. The molecule has 0 amide bonds. The fourth-order valence-electron chi connectivity index (χ4n) is 1.46. The molecule has 0 atom stereocenters. The maximum Gasteiger partial charge on any atom is 0.174 e. The van der Waals surface area contributed by atoms with Gasteiger partial charge in [-0.2, -0.15) is 0 Å². The summed E-state index contributed by atoms with van der Waals surface area (Å²) in [5.41, 5.74) is 2.59. The summed E-state index contributed by atoms with van der Waals surface area (Å²) in [6.07, 6.45) is 4.21. The van der Waals surface area contributed by atoms with Gasteiger partial charge in [0.1, 0.15) is 0 Å². The Hall–Kier alpha value is -1.15. The highest BCUT2D eigenvalue weighted by Gasteiger charge is 2.04. The van der Waals surface area contributed by atoms with Crippen molar-refractivity contribution in [2.75, 3.05) is 0 Å². The summed E-state index contributed by atoms with van der Waals surface area (Å²) >= 11 is 3.55. The molecule has 2 rings (SSSR count). The van der Waals surface area contributed by atoms with E-state index in [2.05, 4.69) is 70.1 Å². The van der Waals surface area contributed by atoms with Crippen molar-refractivity contribution in [2.24, 2.45) is 0 Å². The Labute approximate surface area is 98.5 Å². The largest absolute Gasteiger partial charge is 0.201 e. The van der Waals surface area contributed by atoms with Crippen LogP contribution >= 0.6 is 15.9 Å². The van der Waals surface area contributed by atoms with Gasteiger partial charge in [0.15, 0.2) is 18.9 Å². The summed E-state index contributed by atoms with van der Waals surface area (Å²) in [4.78, 5) is 0. The van der Waals surface area contributed by atoms with E-state index in [1.54, 1.807) is 0 Å². The normalized spacial score (nSPS) is 10.3. The number of benzene rings is 1. The lowest BCUT2D eigenvalue weighted by Gasteiger charge is -2.00. The monoisotopic (exact) mass is 262 g/mol. The molecule has 0 radical (unpaired) electrons. The van der Waals surface area contributed by atoms with Crippen LogP contribution in [0.15, 0.2) is 53.3 Å². The Balaban J connectivity index is 2.22. The lowest BCUT2D eigenvalue weighted by Crippen LogP contribution is -2.33. The first kappa shape index (κ1) is 10.4. The van der Waals surface area contributed by atoms with E-state index in [-0.39, 0.29) is 0 Å². The number of aryl methyl sites for hydroxylation is 1. The quantitative estimate of drug-likeness (QED) is 0.733. The van der Waals surface area contributed by atoms with E-state index in [1.165, 1.54) is 11.1 Å². The summed E-state index contributed by atoms with van der Waals surface area (Å²) in [7, 11) is 0. The molecular formula is C13H13BrN+. The van der Waals surface area contributed by atoms with Gasteiger partial charge < -0.3 is 0 Å². The fraction of sp³-hybridized carbons (Fsp3) is 0.154. The molecule has 0 unspecified atom stereocenters. The van der Waals surface area contributed by atoms with Crippen LogP contribution in [-0.4, -0.2) is 0 Å². The van der Waals surface area contributed by atoms with Crippen molar-refractivity contribution in [2.45, 2.75) is 13.5 Å². The Morgan fingerprint density at radius 3 is 2.40 bits per heavy atom. The van der Waals surface area contributed by atoms with Crippen LogP contribution < -0.4 is 4.57 Å². The van der Waals surface area contributed by atoms with Gasteiger partial charge >= 0.3 is 0 Å². The van der Waals surface area contributed by atoms with E-state index in [1.807, 2.05) is 6.07 Å². The standard InChI is InChI=1S/C13H13BrN/c1-11-6-8-15(9-7-11)10-12-4-2-3-5-13(12)14/h2-9H,10H2,1H3/q+1. The van der Waals surface area contributed by atoms with E-state index in [0.717, 1.165) is 11.0 Å². The predicted molar refractivity (Wildman–Crippen MR) is 64.6 cm³/mol. The molecule has 1 heterocycles. The molecular weight excluding hydrogens is 250 g/mol. The lowest BCUT2D eigenvalue weighted by atomic mass is 10.2. The molecule has 0 aliphatic rings. The van der Waals surface area contributed by atoms with Gasteiger partial charge in [0.2, 0.25) is 0 Å². The average molecular weight is 263 g/mol. The topological polar surface area (TPSA) is 3.88 Å². The van der Waals surface area contributed by atoms with Crippen molar-refractivity contribution in [3.8, 4) is 0 Å². The van der Waals surface area contributed by atoms with Crippen LogP contribution in [0.2, 0.25) is 0 Å². The third-order valence-corrected chi connectivity index (χ3v) is 3.14. The predicted octanol–water partition coefficient (Wildman–Crippen LogP) is 3.09. The summed E-state index contributed by atoms with van der Waals surface area (Å²) < 4.78 is 3.34. The number of rotatable bonds is 2. The summed E-state index contributed by atoms with van der Waals surface area (Å²) in [6, 6.07) is 12.6. The van der Waals surface area contributed by atoms with Crippen molar-refractivity contribution in [3.63, 3.8) is 0 Å². The number of hydrogen-bond donors (Lipinski definition) is 0. The first-order chi connectivity index (χ1) is 7.25. The Bertz CT molecular complexity index is 448.